The number of aromatic nitrogens is 7. The van der Waals surface area contributed by atoms with Gasteiger partial charge in [-0.2, -0.15) is 4.98 Å². The average Bonchev–Trinajstić information content (AvgIpc) is 3.72. The first kappa shape index (κ1) is 31.0. The lowest BCUT2D eigenvalue weighted by atomic mass is 10.1. The van der Waals surface area contributed by atoms with Gasteiger partial charge in [0.1, 0.15) is 29.9 Å². The maximum Gasteiger partial charge on any atom is 0.325 e. The van der Waals surface area contributed by atoms with E-state index in [2.05, 4.69) is 24.9 Å². The monoisotopic (exact) mass is 709 g/mol. The predicted octanol–water partition coefficient (Wildman–Crippen LogP) is 0.451. The summed E-state index contributed by atoms with van der Waals surface area (Å²) in [5.41, 5.74) is 11.5. The number of nitrogens with two attached hydrogens (primary N) is 2. The molecule has 2 bridgehead atoms. The van der Waals surface area contributed by atoms with Crippen LogP contribution >= 0.6 is 13.4 Å². The largest absolute Gasteiger partial charge is 0.397 e. The van der Waals surface area contributed by atoms with Gasteiger partial charge in [0.05, 0.1) is 31.6 Å². The van der Waals surface area contributed by atoms with Gasteiger partial charge in [-0.1, -0.05) is 0 Å². The zero-order chi connectivity index (χ0) is 31.8. The smallest absolute Gasteiger partial charge is 0.325 e. The topological polar surface area (TPSA) is 242 Å². The molecular weight excluding hydrogens is 686 g/mol. The maximum absolute atomic E-state index is 16.0. The van der Waals surface area contributed by atoms with Crippen LogP contribution in [0.25, 0.3) is 22.3 Å². The number of nitrogens with zero attached hydrogens (tertiary/aromatic N) is 6. The highest BCUT2D eigenvalue weighted by molar-refractivity contribution is 8.07. The van der Waals surface area contributed by atoms with E-state index in [1.165, 1.54) is 23.2 Å². The molecule has 7 N–H and O–H groups in total. The van der Waals surface area contributed by atoms with Gasteiger partial charge >= 0.3 is 13.4 Å². The third-order valence-electron chi connectivity index (χ3n) is 7.34. The van der Waals surface area contributed by atoms with Crippen molar-refractivity contribution < 1.29 is 46.1 Å². The summed E-state index contributed by atoms with van der Waals surface area (Å²) in [7, 11) is 0. The van der Waals surface area contributed by atoms with Crippen molar-refractivity contribution in [2.75, 3.05) is 24.7 Å². The van der Waals surface area contributed by atoms with Crippen LogP contribution in [0.4, 0.5) is 20.4 Å². The summed E-state index contributed by atoms with van der Waals surface area (Å²) < 4.78 is 68.0. The van der Waals surface area contributed by atoms with Crippen molar-refractivity contribution >= 4 is 71.0 Å². The lowest BCUT2D eigenvalue weighted by molar-refractivity contribution is -0.0599. The molecule has 0 saturated carbocycles. The molecule has 0 radical (unpaired) electrons. The molecule has 2 unspecified atom stereocenters. The van der Waals surface area contributed by atoms with Crippen molar-refractivity contribution in [3.63, 3.8) is 0 Å². The van der Waals surface area contributed by atoms with Crippen LogP contribution in [0.5, 0.6) is 0 Å². The molecule has 4 aromatic rings. The Morgan fingerprint density at radius 1 is 0.889 bits per heavy atom. The number of alkyl halides is 2. The van der Waals surface area contributed by atoms with E-state index in [0.29, 0.717) is 11.2 Å². The van der Waals surface area contributed by atoms with Gasteiger partial charge in [0.2, 0.25) is 5.95 Å². The number of halogens is 2. The quantitative estimate of drug-likeness (QED) is 0.177. The molecule has 24 heteroatoms. The highest BCUT2D eigenvalue weighted by Crippen LogP contribution is 2.54. The molecule has 0 aliphatic carbocycles. The summed E-state index contributed by atoms with van der Waals surface area (Å²) in [5.74, 6) is -0.254. The van der Waals surface area contributed by atoms with Crippen molar-refractivity contribution in [2.45, 2.75) is 49.2 Å². The molecular formula is C21H23F2N9O9P2S2. The Hall–Kier alpha value is -2.59. The van der Waals surface area contributed by atoms with Gasteiger partial charge in [-0.15, -0.1) is 0 Å². The van der Waals surface area contributed by atoms with E-state index in [0.717, 1.165) is 10.9 Å². The van der Waals surface area contributed by atoms with Gasteiger partial charge in [-0.05, 0) is 29.7 Å². The molecule has 7 rings (SSSR count). The number of fused-ring (bicyclic) bond motifs is 5. The third kappa shape index (κ3) is 5.57. The van der Waals surface area contributed by atoms with Crippen LogP contribution in [-0.2, 0) is 51.2 Å². The Labute approximate surface area is 260 Å². The number of hydrogen-bond donors (Lipinski definition) is 5. The number of aromatic amines is 1. The Balaban J connectivity index is 1.21. The third-order valence-corrected chi connectivity index (χ3v) is 10.5. The fraction of sp³-hybridized carbons (Fsp3) is 0.476. The van der Waals surface area contributed by atoms with Gasteiger partial charge < -0.3 is 39.8 Å². The fourth-order valence-corrected chi connectivity index (χ4v) is 8.16. The van der Waals surface area contributed by atoms with E-state index in [-0.39, 0.29) is 22.8 Å². The minimum atomic E-state index is -4.34. The number of hydrogen-bond acceptors (Lipinski definition) is 15. The van der Waals surface area contributed by atoms with Crippen LogP contribution in [0.3, 0.4) is 0 Å². The van der Waals surface area contributed by atoms with Crippen molar-refractivity contribution in [3.8, 4) is 0 Å². The average molecular weight is 710 g/mol. The number of nitrogen functional groups attached to an aromatic ring is 2. The fourth-order valence-electron chi connectivity index (χ4n) is 5.32. The highest BCUT2D eigenvalue weighted by Gasteiger charge is 2.53. The van der Waals surface area contributed by atoms with Gasteiger partial charge in [-0.25, -0.2) is 23.7 Å². The van der Waals surface area contributed by atoms with E-state index in [1.807, 2.05) is 0 Å². The number of nitrogens with one attached hydrogen (secondary N) is 1. The van der Waals surface area contributed by atoms with Crippen molar-refractivity contribution in [2.24, 2.45) is 0 Å². The summed E-state index contributed by atoms with van der Waals surface area (Å²) in [6.07, 6.45) is -9.25. The van der Waals surface area contributed by atoms with E-state index >= 15 is 8.78 Å². The molecule has 0 amide bonds. The Morgan fingerprint density at radius 2 is 1.51 bits per heavy atom. The summed E-state index contributed by atoms with van der Waals surface area (Å²) >= 11 is 10.3. The Kier molecular flexibility index (Phi) is 7.78. The van der Waals surface area contributed by atoms with E-state index in [4.69, 9.17) is 62.6 Å². The van der Waals surface area contributed by atoms with Crippen LogP contribution in [0.1, 0.15) is 12.5 Å². The zero-order valence-electron chi connectivity index (χ0n) is 22.4. The molecule has 45 heavy (non-hydrogen) atoms. The first-order chi connectivity index (χ1) is 21.3. The second kappa shape index (κ2) is 11.3. The summed E-state index contributed by atoms with van der Waals surface area (Å²) in [6, 6.07) is 1.52. The first-order valence-corrected chi connectivity index (χ1v) is 18.2. The van der Waals surface area contributed by atoms with Crippen molar-refractivity contribution in [1.82, 2.24) is 34.1 Å². The number of pyridine rings is 1. The van der Waals surface area contributed by atoms with Crippen LogP contribution < -0.4 is 17.0 Å². The predicted molar refractivity (Wildman–Crippen MR) is 157 cm³/mol. The van der Waals surface area contributed by atoms with Gasteiger partial charge in [-0.3, -0.25) is 28.0 Å². The van der Waals surface area contributed by atoms with E-state index < -0.39 is 81.4 Å². The number of ether oxygens (including phenoxy) is 2. The molecule has 242 valence electrons. The molecule has 3 aliphatic rings. The summed E-state index contributed by atoms with van der Waals surface area (Å²) in [4.78, 5) is 52.9. The molecule has 7 heterocycles. The van der Waals surface area contributed by atoms with Crippen LogP contribution in [-0.4, -0.2) is 93.8 Å². The van der Waals surface area contributed by atoms with Gasteiger partial charge in [0.25, 0.3) is 5.56 Å². The summed E-state index contributed by atoms with van der Waals surface area (Å²) in [5, 5.41) is 0. The Bertz CT molecular complexity index is 1950. The standard InChI is InChI=1S/C21H23F2N9O9P2S2/c22-10-8-3-36-42(34,44)40-14-9(39-19(11(14)23)31-5-27-12-7(24)1-2-26-16(12)31)4-37-43(35,45)41-15(10)20(38-8)32-6-28-13-17(32)29-21(25)30-18(13)33/h1-2,5-6,8-11,14-15,19-20H,3-4H2,(H2,24,26)(H,34,44)(H,35,45)(H3,25,29,30,33)/t8-,9-,10-,11+,14-,15+,19-,20-,42?,43?/m1/s1. The maximum atomic E-state index is 16.0. The first-order valence-electron chi connectivity index (χ1n) is 13.0. The zero-order valence-corrected chi connectivity index (χ0v) is 25.8. The number of rotatable bonds is 2. The molecule has 3 aliphatic heterocycles. The number of anilines is 2. The van der Waals surface area contributed by atoms with Gasteiger partial charge in [0.15, 0.2) is 41.6 Å². The lowest BCUT2D eigenvalue weighted by Gasteiger charge is -2.27. The highest BCUT2D eigenvalue weighted by atomic mass is 32.5. The molecule has 3 saturated heterocycles. The van der Waals surface area contributed by atoms with Crippen molar-refractivity contribution in [1.29, 1.82) is 0 Å². The molecule has 18 nitrogen and oxygen atoms in total. The molecule has 3 fully saturated rings. The van der Waals surface area contributed by atoms with Crippen LogP contribution in [0.15, 0.2) is 29.7 Å². The number of H-pyrrole nitrogens is 1. The van der Waals surface area contributed by atoms with Gasteiger partial charge in [0, 0.05) is 6.20 Å². The minimum Gasteiger partial charge on any atom is -0.397 e. The van der Waals surface area contributed by atoms with Crippen LogP contribution in [0, 0.1) is 0 Å². The Morgan fingerprint density at radius 3 is 2.24 bits per heavy atom. The lowest BCUT2D eigenvalue weighted by Crippen LogP contribution is -2.34. The second-order valence-corrected chi connectivity index (χ2v) is 15.8. The van der Waals surface area contributed by atoms with E-state index in [9.17, 15) is 14.6 Å². The molecule has 4 aromatic heterocycles. The summed E-state index contributed by atoms with van der Waals surface area (Å²) in [6.45, 7) is -9.99. The molecule has 10 atom stereocenters. The molecule has 0 spiro atoms. The number of imidazole rings is 2. The molecule has 0 aromatic carbocycles. The normalized spacial score (nSPS) is 37.7. The van der Waals surface area contributed by atoms with Crippen LogP contribution in [0.2, 0.25) is 0 Å². The second-order valence-electron chi connectivity index (χ2n) is 10.2. The minimum absolute atomic E-state index is 0.0852. The van der Waals surface area contributed by atoms with Crippen molar-refractivity contribution in [3.05, 3.63) is 35.3 Å². The SMILES string of the molecule is Nc1nc2c(ncn2[C@@H]2O[C@@H]3COP(O)(=S)O[C@H]4[C@H](F)[C@H](n5cnc6c(N)ccnc65)O[C@@H]4COP(O)(=S)O[C@H]2[C@@H]3F)c(=O)[nH]1. The van der Waals surface area contributed by atoms with E-state index in [1.54, 1.807) is 0 Å².